The third kappa shape index (κ3) is 3.31. The predicted octanol–water partition coefficient (Wildman–Crippen LogP) is 4.52. The van der Waals surface area contributed by atoms with Crippen molar-refractivity contribution >= 4 is 0 Å². The second-order valence-electron chi connectivity index (χ2n) is 7.20. The van der Waals surface area contributed by atoms with Gasteiger partial charge in [0.15, 0.2) is 0 Å². The molecule has 2 unspecified atom stereocenters. The van der Waals surface area contributed by atoms with E-state index in [0.717, 1.165) is 31.0 Å². The summed E-state index contributed by atoms with van der Waals surface area (Å²) in [6.45, 7) is 7.98. The lowest BCUT2D eigenvalue weighted by Gasteiger charge is -2.37. The van der Waals surface area contributed by atoms with Crippen molar-refractivity contribution in [3.05, 3.63) is 59.2 Å². The van der Waals surface area contributed by atoms with Gasteiger partial charge in [-0.3, -0.25) is 0 Å². The highest BCUT2D eigenvalue weighted by molar-refractivity contribution is 5.54. The summed E-state index contributed by atoms with van der Waals surface area (Å²) in [5.41, 5.74) is 3.91. The molecule has 1 fully saturated rings. The molecule has 0 bridgehead atoms. The molecule has 0 aromatic heterocycles. The lowest BCUT2D eigenvalue weighted by molar-refractivity contribution is 0.192. The van der Waals surface area contributed by atoms with Crippen LogP contribution in [-0.2, 0) is 6.42 Å². The molecule has 4 rings (SSSR count). The molecule has 0 saturated carbocycles. The summed E-state index contributed by atoms with van der Waals surface area (Å²) < 4.78 is 6.19. The first-order valence-corrected chi connectivity index (χ1v) is 9.66. The van der Waals surface area contributed by atoms with Crippen LogP contribution in [0.25, 0.3) is 0 Å². The number of nitrogens with one attached hydrogen (secondary N) is 1. The minimum absolute atomic E-state index is 0.216. The van der Waals surface area contributed by atoms with Crippen molar-refractivity contribution in [2.75, 3.05) is 19.6 Å². The monoisotopic (exact) mass is 336 g/mol. The van der Waals surface area contributed by atoms with E-state index in [-0.39, 0.29) is 6.04 Å². The molecule has 0 spiro atoms. The van der Waals surface area contributed by atoms with Crippen molar-refractivity contribution in [3.8, 4) is 11.5 Å². The lowest BCUT2D eigenvalue weighted by Crippen LogP contribution is -2.47. The van der Waals surface area contributed by atoms with Crippen molar-refractivity contribution in [1.82, 2.24) is 10.2 Å². The van der Waals surface area contributed by atoms with E-state index in [1.807, 2.05) is 0 Å². The first kappa shape index (κ1) is 16.6. The molecule has 3 nitrogen and oxygen atoms in total. The van der Waals surface area contributed by atoms with Gasteiger partial charge in [0.25, 0.3) is 0 Å². The first-order chi connectivity index (χ1) is 12.3. The van der Waals surface area contributed by atoms with Crippen molar-refractivity contribution < 1.29 is 4.74 Å². The molecule has 2 heterocycles. The third-order valence-electron chi connectivity index (χ3n) is 5.60. The number of hydrogen-bond donors (Lipinski definition) is 1. The number of likely N-dealkylation sites (tertiary alicyclic amines) is 1. The molecule has 0 aliphatic carbocycles. The Balaban J connectivity index is 1.68. The second kappa shape index (κ2) is 7.19. The molecule has 0 amide bonds. The summed E-state index contributed by atoms with van der Waals surface area (Å²) in [5, 5.41) is 3.96. The number of nitrogens with zero attached hydrogens (tertiary/aromatic N) is 1. The van der Waals surface area contributed by atoms with Crippen molar-refractivity contribution in [3.63, 3.8) is 0 Å². The minimum atomic E-state index is 0.216. The van der Waals surface area contributed by atoms with E-state index in [0.29, 0.717) is 6.04 Å². The summed E-state index contributed by atoms with van der Waals surface area (Å²) in [4.78, 5) is 2.55. The number of rotatable bonds is 4. The normalized spacial score (nSPS) is 22.8. The summed E-state index contributed by atoms with van der Waals surface area (Å²) >= 11 is 0. The average Bonchev–Trinajstić information content (AvgIpc) is 2.67. The predicted molar refractivity (Wildman–Crippen MR) is 102 cm³/mol. The maximum atomic E-state index is 6.19. The maximum absolute atomic E-state index is 6.19. The maximum Gasteiger partial charge on any atom is 0.132 e. The molecule has 0 radical (unpaired) electrons. The van der Waals surface area contributed by atoms with Crippen molar-refractivity contribution in [2.45, 2.75) is 45.2 Å². The van der Waals surface area contributed by atoms with Gasteiger partial charge in [-0.1, -0.05) is 44.2 Å². The van der Waals surface area contributed by atoms with E-state index >= 15 is 0 Å². The Kier molecular flexibility index (Phi) is 4.78. The number of benzene rings is 2. The standard InChI is InChI=1S/C22H28N2O/c1-3-16-11-12-21-19(14-16)22(18-9-5-6-10-20(18)25-21)23-17-8-7-13-24(4-2)15-17/h5-6,9-12,14,17,22-23H,3-4,7-8,13,15H2,1-2H3. The molecule has 2 aromatic rings. The quantitative estimate of drug-likeness (QED) is 0.888. The van der Waals surface area contributed by atoms with Gasteiger partial charge < -0.3 is 15.0 Å². The Hall–Kier alpha value is -1.84. The van der Waals surface area contributed by atoms with Crippen LogP contribution in [0.5, 0.6) is 11.5 Å². The molecule has 1 saturated heterocycles. The Labute approximate surface area is 151 Å². The van der Waals surface area contributed by atoms with Crippen LogP contribution in [0.4, 0.5) is 0 Å². The van der Waals surface area contributed by atoms with Crippen molar-refractivity contribution in [2.24, 2.45) is 0 Å². The fraction of sp³-hybridized carbons (Fsp3) is 0.455. The molecule has 2 aromatic carbocycles. The zero-order chi connectivity index (χ0) is 17.2. The molecule has 3 heteroatoms. The van der Waals surface area contributed by atoms with Gasteiger partial charge in [-0.2, -0.15) is 0 Å². The molecule has 132 valence electrons. The zero-order valence-electron chi connectivity index (χ0n) is 15.3. The van der Waals surface area contributed by atoms with Crippen LogP contribution in [0, 0.1) is 0 Å². The number of piperidine rings is 1. The van der Waals surface area contributed by atoms with Gasteiger partial charge in [0.2, 0.25) is 0 Å². The second-order valence-corrected chi connectivity index (χ2v) is 7.20. The van der Waals surface area contributed by atoms with Gasteiger partial charge in [0.1, 0.15) is 11.5 Å². The van der Waals surface area contributed by atoms with E-state index in [1.54, 1.807) is 0 Å². The minimum Gasteiger partial charge on any atom is -0.457 e. The van der Waals surface area contributed by atoms with Gasteiger partial charge >= 0.3 is 0 Å². The molecular weight excluding hydrogens is 308 g/mol. The Bertz CT molecular complexity index is 743. The molecular formula is C22H28N2O. The van der Waals surface area contributed by atoms with Crippen LogP contribution in [-0.4, -0.2) is 30.6 Å². The van der Waals surface area contributed by atoms with Crippen LogP contribution in [0.3, 0.4) is 0 Å². The highest BCUT2D eigenvalue weighted by atomic mass is 16.5. The van der Waals surface area contributed by atoms with Gasteiger partial charge in [-0.15, -0.1) is 0 Å². The van der Waals surface area contributed by atoms with E-state index in [9.17, 15) is 0 Å². The summed E-state index contributed by atoms with van der Waals surface area (Å²) in [6, 6.07) is 15.8. The fourth-order valence-electron chi connectivity index (χ4n) is 4.13. The van der Waals surface area contributed by atoms with Gasteiger partial charge in [-0.05, 0) is 50.0 Å². The third-order valence-corrected chi connectivity index (χ3v) is 5.60. The fourth-order valence-corrected chi connectivity index (χ4v) is 4.13. The topological polar surface area (TPSA) is 24.5 Å². The highest BCUT2D eigenvalue weighted by Crippen LogP contribution is 2.43. The van der Waals surface area contributed by atoms with Gasteiger partial charge in [-0.25, -0.2) is 0 Å². The SMILES string of the molecule is CCc1ccc2c(c1)C(NC1CCCN(CC)C1)c1ccccc1O2. The summed E-state index contributed by atoms with van der Waals surface area (Å²) in [7, 11) is 0. The molecule has 1 N–H and O–H groups in total. The van der Waals surface area contributed by atoms with Crippen LogP contribution in [0.15, 0.2) is 42.5 Å². The summed E-state index contributed by atoms with van der Waals surface area (Å²) in [5.74, 6) is 1.98. The number of hydrogen-bond acceptors (Lipinski definition) is 3. The van der Waals surface area contributed by atoms with E-state index in [2.05, 4.69) is 66.5 Å². The first-order valence-electron chi connectivity index (χ1n) is 9.66. The Morgan fingerprint density at radius 2 is 1.92 bits per heavy atom. The molecule has 25 heavy (non-hydrogen) atoms. The average molecular weight is 336 g/mol. The van der Waals surface area contributed by atoms with E-state index < -0.39 is 0 Å². The number of ether oxygens (including phenoxy) is 1. The van der Waals surface area contributed by atoms with Crippen LogP contribution in [0.1, 0.15) is 49.4 Å². The number of para-hydroxylation sites is 1. The summed E-state index contributed by atoms with van der Waals surface area (Å²) in [6.07, 6.45) is 3.58. The Morgan fingerprint density at radius 3 is 2.76 bits per heavy atom. The van der Waals surface area contributed by atoms with Gasteiger partial charge in [0.05, 0.1) is 6.04 Å². The molecule has 2 aliphatic heterocycles. The number of aryl methyl sites for hydroxylation is 1. The highest BCUT2D eigenvalue weighted by Gasteiger charge is 2.30. The van der Waals surface area contributed by atoms with Gasteiger partial charge in [0, 0.05) is 23.7 Å². The van der Waals surface area contributed by atoms with Crippen LogP contribution >= 0.6 is 0 Å². The van der Waals surface area contributed by atoms with E-state index in [1.165, 1.54) is 36.1 Å². The van der Waals surface area contributed by atoms with Crippen molar-refractivity contribution in [1.29, 1.82) is 0 Å². The van der Waals surface area contributed by atoms with E-state index in [4.69, 9.17) is 4.74 Å². The molecule has 2 aliphatic rings. The molecule has 2 atom stereocenters. The largest absolute Gasteiger partial charge is 0.457 e. The van der Waals surface area contributed by atoms with Crippen LogP contribution in [0.2, 0.25) is 0 Å². The number of likely N-dealkylation sites (N-methyl/N-ethyl adjacent to an activating group) is 1. The smallest absolute Gasteiger partial charge is 0.132 e. The van der Waals surface area contributed by atoms with Crippen LogP contribution < -0.4 is 10.1 Å². The number of fused-ring (bicyclic) bond motifs is 2. The lowest BCUT2D eigenvalue weighted by atomic mass is 9.91. The Morgan fingerprint density at radius 1 is 1.08 bits per heavy atom. The zero-order valence-corrected chi connectivity index (χ0v) is 15.3.